The molecule has 2 rings (SSSR count). The number of ketones is 1. The van der Waals surface area contributed by atoms with Gasteiger partial charge in [0.1, 0.15) is 0 Å². The van der Waals surface area contributed by atoms with E-state index in [1.807, 2.05) is 6.08 Å². The van der Waals surface area contributed by atoms with Crippen LogP contribution in [0.2, 0.25) is 0 Å². The van der Waals surface area contributed by atoms with Gasteiger partial charge in [-0.2, -0.15) is 0 Å². The molecule has 0 amide bonds. The highest BCUT2D eigenvalue weighted by molar-refractivity contribution is 6.35. The molecule has 0 radical (unpaired) electrons. The lowest BCUT2D eigenvalue weighted by atomic mass is 9.61. The fourth-order valence-corrected chi connectivity index (χ4v) is 2.23. The summed E-state index contributed by atoms with van der Waals surface area (Å²) in [6.45, 7) is 2.08. The van der Waals surface area contributed by atoms with E-state index in [1.165, 1.54) is 0 Å². The van der Waals surface area contributed by atoms with Crippen LogP contribution in [-0.4, -0.2) is 11.2 Å². The van der Waals surface area contributed by atoms with Gasteiger partial charge in [-0.1, -0.05) is 19.1 Å². The molecule has 0 bridgehead atoms. The minimum atomic E-state index is -0.229. The van der Waals surface area contributed by atoms with Gasteiger partial charge in [-0.25, -0.2) is 0 Å². The molecule has 0 N–H and O–H groups in total. The van der Waals surface area contributed by atoms with Gasteiger partial charge in [-0.15, -0.1) is 11.6 Å². The van der Waals surface area contributed by atoms with Crippen molar-refractivity contribution in [2.24, 2.45) is 11.3 Å². The maximum absolute atomic E-state index is 11.1. The molecule has 2 aliphatic carbocycles. The molecule has 2 heteroatoms. The Morgan fingerprint density at radius 2 is 2.50 bits per heavy atom. The van der Waals surface area contributed by atoms with E-state index in [4.69, 9.17) is 11.6 Å². The van der Waals surface area contributed by atoms with Crippen molar-refractivity contribution in [3.05, 3.63) is 12.2 Å². The van der Waals surface area contributed by atoms with Crippen LogP contribution in [0.15, 0.2) is 12.2 Å². The quantitative estimate of drug-likeness (QED) is 0.386. The zero-order valence-electron chi connectivity index (χ0n) is 5.80. The fraction of sp³-hybridized carbons (Fsp3) is 0.625. The number of fused-ring (bicyclic) bond motifs is 1. The lowest BCUT2D eigenvalue weighted by molar-refractivity contribution is -0.135. The van der Waals surface area contributed by atoms with Crippen molar-refractivity contribution >= 4 is 17.4 Å². The van der Waals surface area contributed by atoms with Crippen LogP contribution in [0.1, 0.15) is 13.3 Å². The van der Waals surface area contributed by atoms with Crippen LogP contribution in [0.3, 0.4) is 0 Å². The monoisotopic (exact) mass is 156 g/mol. The predicted molar refractivity (Wildman–Crippen MR) is 40.0 cm³/mol. The maximum atomic E-state index is 11.1. The molecule has 0 heterocycles. The Labute approximate surface area is 65.1 Å². The average Bonchev–Trinajstić information content (AvgIpc) is 2.28. The molecule has 0 aliphatic heterocycles. The number of rotatable bonds is 0. The molecule has 1 saturated carbocycles. The van der Waals surface area contributed by atoms with Gasteiger partial charge >= 0.3 is 0 Å². The van der Waals surface area contributed by atoms with Gasteiger partial charge < -0.3 is 0 Å². The van der Waals surface area contributed by atoms with Gasteiger partial charge in [-0.3, -0.25) is 4.79 Å². The maximum Gasteiger partial charge on any atom is 0.158 e. The Balaban J connectivity index is 2.32. The summed E-state index contributed by atoms with van der Waals surface area (Å²) in [5, 5.41) is -0.229. The molecule has 54 valence electrons. The second-order valence-electron chi connectivity index (χ2n) is 3.38. The molecule has 0 saturated heterocycles. The Morgan fingerprint density at radius 1 is 1.80 bits per heavy atom. The van der Waals surface area contributed by atoms with Crippen LogP contribution in [0.4, 0.5) is 0 Å². The van der Waals surface area contributed by atoms with Crippen LogP contribution in [0.5, 0.6) is 0 Å². The van der Waals surface area contributed by atoms with Gasteiger partial charge in [0.15, 0.2) is 5.78 Å². The molecule has 0 aromatic carbocycles. The summed E-state index contributed by atoms with van der Waals surface area (Å²) < 4.78 is 0. The van der Waals surface area contributed by atoms with E-state index >= 15 is 0 Å². The van der Waals surface area contributed by atoms with E-state index in [-0.39, 0.29) is 22.5 Å². The minimum absolute atomic E-state index is 0.0681. The highest BCUT2D eigenvalue weighted by Crippen LogP contribution is 2.53. The summed E-state index contributed by atoms with van der Waals surface area (Å²) in [4.78, 5) is 11.1. The van der Waals surface area contributed by atoms with Crippen molar-refractivity contribution in [3.63, 3.8) is 0 Å². The highest BCUT2D eigenvalue weighted by atomic mass is 35.5. The fourth-order valence-electron chi connectivity index (χ4n) is 1.87. The van der Waals surface area contributed by atoms with Gasteiger partial charge in [0.2, 0.25) is 0 Å². The minimum Gasteiger partial charge on any atom is -0.297 e. The smallest absolute Gasteiger partial charge is 0.158 e. The summed E-state index contributed by atoms with van der Waals surface area (Å²) >= 11 is 5.85. The third-order valence-corrected chi connectivity index (χ3v) is 3.45. The molecule has 1 nitrogen and oxygen atoms in total. The number of halogens is 1. The average molecular weight is 157 g/mol. The standard InChI is InChI=1S/C8H9ClO/c1-8-4-2-3-5(8)6(10)7(8)9/h2-3,5,7H,4H2,1H3/t5?,7-,8-/m1/s1. The van der Waals surface area contributed by atoms with E-state index in [0.717, 1.165) is 6.42 Å². The number of allylic oxidation sites excluding steroid dienone is 2. The lowest BCUT2D eigenvalue weighted by Crippen LogP contribution is -2.54. The van der Waals surface area contributed by atoms with Crippen molar-refractivity contribution in [3.8, 4) is 0 Å². The third-order valence-electron chi connectivity index (χ3n) is 2.73. The normalized spacial score (nSPS) is 50.8. The van der Waals surface area contributed by atoms with Crippen molar-refractivity contribution < 1.29 is 4.79 Å². The molecule has 1 fully saturated rings. The van der Waals surface area contributed by atoms with Crippen LogP contribution in [0, 0.1) is 11.3 Å². The lowest BCUT2D eigenvalue weighted by Gasteiger charge is -2.44. The van der Waals surface area contributed by atoms with Gasteiger partial charge in [0, 0.05) is 11.3 Å². The molecular weight excluding hydrogens is 148 g/mol. The van der Waals surface area contributed by atoms with E-state index < -0.39 is 0 Å². The molecule has 0 spiro atoms. The Bertz CT molecular complexity index is 221. The van der Waals surface area contributed by atoms with Crippen molar-refractivity contribution in [2.45, 2.75) is 18.7 Å². The molecule has 3 atom stereocenters. The first-order valence-corrected chi connectivity index (χ1v) is 3.94. The highest BCUT2D eigenvalue weighted by Gasteiger charge is 2.58. The number of carbonyl (C=O) groups excluding carboxylic acids is 1. The first-order chi connectivity index (χ1) is 4.66. The molecular formula is C8H9ClO. The van der Waals surface area contributed by atoms with Crippen LogP contribution in [0.25, 0.3) is 0 Å². The van der Waals surface area contributed by atoms with E-state index in [9.17, 15) is 4.79 Å². The largest absolute Gasteiger partial charge is 0.297 e. The number of carbonyl (C=O) groups is 1. The molecule has 0 aromatic rings. The Kier molecular flexibility index (Phi) is 1.06. The predicted octanol–water partition coefficient (Wildman–Crippen LogP) is 1.76. The van der Waals surface area contributed by atoms with Crippen LogP contribution < -0.4 is 0 Å². The van der Waals surface area contributed by atoms with Crippen molar-refractivity contribution in [1.82, 2.24) is 0 Å². The first-order valence-electron chi connectivity index (χ1n) is 3.51. The second kappa shape index (κ2) is 1.65. The Hall–Kier alpha value is -0.300. The second-order valence-corrected chi connectivity index (χ2v) is 3.82. The zero-order valence-corrected chi connectivity index (χ0v) is 6.56. The van der Waals surface area contributed by atoms with Crippen LogP contribution >= 0.6 is 11.6 Å². The molecule has 10 heavy (non-hydrogen) atoms. The third kappa shape index (κ3) is 0.485. The zero-order chi connectivity index (χ0) is 7.35. The number of alkyl halides is 1. The summed E-state index contributed by atoms with van der Waals surface area (Å²) in [6.07, 6.45) is 5.02. The van der Waals surface area contributed by atoms with E-state index in [1.54, 1.807) is 0 Å². The van der Waals surface area contributed by atoms with Crippen molar-refractivity contribution in [1.29, 1.82) is 0 Å². The number of hydrogen-bond donors (Lipinski definition) is 0. The van der Waals surface area contributed by atoms with Crippen molar-refractivity contribution in [2.75, 3.05) is 0 Å². The first kappa shape index (κ1) is 6.41. The summed E-state index contributed by atoms with van der Waals surface area (Å²) in [5.41, 5.74) is 0.0681. The van der Waals surface area contributed by atoms with E-state index in [0.29, 0.717) is 0 Å². The Morgan fingerprint density at radius 3 is 3.10 bits per heavy atom. The molecule has 2 aliphatic rings. The SMILES string of the molecule is C[C@@]12CC=CC1C(=O)[C@H]2Cl. The number of hydrogen-bond acceptors (Lipinski definition) is 1. The topological polar surface area (TPSA) is 17.1 Å². The van der Waals surface area contributed by atoms with Gasteiger partial charge in [0.05, 0.1) is 5.38 Å². The van der Waals surface area contributed by atoms with Gasteiger partial charge in [-0.05, 0) is 6.42 Å². The summed E-state index contributed by atoms with van der Waals surface area (Å²) in [6, 6.07) is 0. The van der Waals surface area contributed by atoms with Crippen LogP contribution in [-0.2, 0) is 4.79 Å². The molecule has 0 aromatic heterocycles. The number of Topliss-reactive ketones (excluding diaryl/α,β-unsaturated/α-hetero) is 1. The summed E-state index contributed by atoms with van der Waals surface area (Å²) in [7, 11) is 0. The van der Waals surface area contributed by atoms with Gasteiger partial charge in [0.25, 0.3) is 0 Å². The van der Waals surface area contributed by atoms with E-state index in [2.05, 4.69) is 13.0 Å². The molecule has 1 unspecified atom stereocenters. The summed E-state index contributed by atoms with van der Waals surface area (Å²) in [5.74, 6) is 0.341.